The molecule has 0 spiro atoms. The van der Waals surface area contributed by atoms with Crippen LogP contribution in [-0.4, -0.2) is 16.2 Å². The number of rotatable bonds is 3. The van der Waals surface area contributed by atoms with Crippen LogP contribution in [0, 0.1) is 10.1 Å². The third-order valence-corrected chi connectivity index (χ3v) is 1.48. The molecule has 0 heterocycles. The maximum absolute atomic E-state index is 10.3. The predicted octanol–water partition coefficient (Wildman–Crippen LogP) is 1.79. The molecule has 0 amide bonds. The number of non-ortho nitro benzene ring substituents is 1. The molecule has 0 saturated heterocycles. The number of hydrogen-bond donors (Lipinski definition) is 1. The summed E-state index contributed by atoms with van der Waals surface area (Å²) >= 11 is 0. The fraction of sp³-hybridized carbons (Fsp3) is 0.125. The van der Waals surface area contributed by atoms with Crippen molar-refractivity contribution < 1.29 is 19.6 Å². The van der Waals surface area contributed by atoms with Crippen LogP contribution < -0.4 is 0 Å². The third kappa shape index (κ3) is 2.74. The molecule has 1 N–H and O–H groups in total. The number of benzene rings is 1. The van der Waals surface area contributed by atoms with Crippen LogP contribution in [0.4, 0.5) is 10.5 Å². The summed E-state index contributed by atoms with van der Waals surface area (Å²) in [5.74, 6) is 0. The van der Waals surface area contributed by atoms with E-state index in [1.165, 1.54) is 18.2 Å². The number of carbonyl (C=O) groups is 1. The molecule has 0 radical (unpaired) electrons. The Kier molecular flexibility index (Phi) is 3.01. The van der Waals surface area contributed by atoms with Crippen LogP contribution in [0.5, 0.6) is 0 Å². The third-order valence-electron chi connectivity index (χ3n) is 1.48. The van der Waals surface area contributed by atoms with Crippen molar-refractivity contribution in [1.82, 2.24) is 0 Å². The molecule has 1 rings (SSSR count). The fourth-order valence-electron chi connectivity index (χ4n) is 0.905. The van der Waals surface area contributed by atoms with E-state index in [0.29, 0.717) is 5.56 Å². The van der Waals surface area contributed by atoms with E-state index in [1.54, 1.807) is 6.07 Å². The molecule has 0 aliphatic heterocycles. The molecular weight excluding hydrogens is 190 g/mol. The number of hydrogen-bond acceptors (Lipinski definition) is 4. The van der Waals surface area contributed by atoms with Crippen molar-refractivity contribution in [1.29, 1.82) is 0 Å². The maximum Gasteiger partial charge on any atom is 0.506 e. The molecule has 0 aromatic heterocycles. The monoisotopic (exact) mass is 197 g/mol. The summed E-state index contributed by atoms with van der Waals surface area (Å²) in [4.78, 5) is 19.8. The highest BCUT2D eigenvalue weighted by Gasteiger charge is 2.06. The summed E-state index contributed by atoms with van der Waals surface area (Å²) in [5, 5.41) is 18.5. The van der Waals surface area contributed by atoms with E-state index in [1.807, 2.05) is 0 Å². The second-order valence-corrected chi connectivity index (χ2v) is 2.48. The van der Waals surface area contributed by atoms with Gasteiger partial charge in [0.1, 0.15) is 6.61 Å². The lowest BCUT2D eigenvalue weighted by Crippen LogP contribution is -2.00. The predicted molar refractivity (Wildman–Crippen MR) is 45.9 cm³/mol. The maximum atomic E-state index is 10.3. The first kappa shape index (κ1) is 9.97. The van der Waals surface area contributed by atoms with Gasteiger partial charge in [-0.1, -0.05) is 12.1 Å². The summed E-state index contributed by atoms with van der Waals surface area (Å²) in [7, 11) is 0. The second kappa shape index (κ2) is 4.22. The largest absolute Gasteiger partial charge is 0.506 e. The van der Waals surface area contributed by atoms with Crippen LogP contribution in [0.3, 0.4) is 0 Å². The van der Waals surface area contributed by atoms with Crippen LogP contribution in [0.1, 0.15) is 5.56 Å². The van der Waals surface area contributed by atoms with Crippen LogP contribution >= 0.6 is 0 Å². The Morgan fingerprint density at radius 3 is 2.86 bits per heavy atom. The highest BCUT2D eigenvalue weighted by atomic mass is 16.7. The minimum Gasteiger partial charge on any atom is -0.450 e. The van der Waals surface area contributed by atoms with Crippen LogP contribution in [0.15, 0.2) is 24.3 Å². The molecule has 0 unspecified atom stereocenters. The Morgan fingerprint density at radius 2 is 2.29 bits per heavy atom. The quantitative estimate of drug-likeness (QED) is 0.453. The van der Waals surface area contributed by atoms with Crippen molar-refractivity contribution >= 4 is 11.8 Å². The molecule has 0 saturated carbocycles. The van der Waals surface area contributed by atoms with Crippen molar-refractivity contribution in [2.45, 2.75) is 6.61 Å². The van der Waals surface area contributed by atoms with Crippen molar-refractivity contribution in [3.63, 3.8) is 0 Å². The smallest absolute Gasteiger partial charge is 0.450 e. The Morgan fingerprint density at radius 1 is 1.57 bits per heavy atom. The molecule has 1 aromatic rings. The highest BCUT2D eigenvalue weighted by molar-refractivity contribution is 5.56. The molecule has 0 aliphatic rings. The van der Waals surface area contributed by atoms with Gasteiger partial charge in [0.15, 0.2) is 0 Å². The summed E-state index contributed by atoms with van der Waals surface area (Å²) in [6.07, 6.45) is -1.41. The van der Waals surface area contributed by atoms with Gasteiger partial charge in [0.25, 0.3) is 5.69 Å². The first-order valence-electron chi connectivity index (χ1n) is 3.68. The summed E-state index contributed by atoms with van der Waals surface area (Å²) in [6, 6.07) is 5.61. The lowest BCUT2D eigenvalue weighted by atomic mass is 10.2. The summed E-state index contributed by atoms with van der Waals surface area (Å²) < 4.78 is 4.26. The van der Waals surface area contributed by atoms with Gasteiger partial charge in [-0.2, -0.15) is 0 Å². The van der Waals surface area contributed by atoms with E-state index in [9.17, 15) is 14.9 Å². The van der Waals surface area contributed by atoms with Gasteiger partial charge in [-0.15, -0.1) is 0 Å². The van der Waals surface area contributed by atoms with Crippen LogP contribution in [-0.2, 0) is 11.3 Å². The Balaban J connectivity index is 2.73. The SMILES string of the molecule is O=C(O)OCc1cccc([N+](=O)[O-])c1. The summed E-state index contributed by atoms with van der Waals surface area (Å²) in [5.41, 5.74) is 0.359. The number of nitro groups is 1. The van der Waals surface area contributed by atoms with Crippen LogP contribution in [0.25, 0.3) is 0 Å². The molecular formula is C8H7NO5. The van der Waals surface area contributed by atoms with Gasteiger partial charge in [-0.25, -0.2) is 4.79 Å². The minimum absolute atomic E-state index is 0.0866. The zero-order chi connectivity index (χ0) is 10.6. The normalized spacial score (nSPS) is 9.43. The lowest BCUT2D eigenvalue weighted by molar-refractivity contribution is -0.384. The van der Waals surface area contributed by atoms with E-state index < -0.39 is 11.1 Å². The van der Waals surface area contributed by atoms with E-state index >= 15 is 0 Å². The van der Waals surface area contributed by atoms with Crippen molar-refractivity contribution in [3.8, 4) is 0 Å². The van der Waals surface area contributed by atoms with Crippen molar-refractivity contribution in [2.75, 3.05) is 0 Å². The standard InChI is InChI=1S/C8H7NO5/c10-8(11)14-5-6-2-1-3-7(4-6)9(12)13/h1-4H,5H2,(H,10,11). The Bertz CT molecular complexity index is 363. The van der Waals surface area contributed by atoms with E-state index in [0.717, 1.165) is 0 Å². The molecule has 74 valence electrons. The van der Waals surface area contributed by atoms with E-state index in [2.05, 4.69) is 4.74 Å². The van der Waals surface area contributed by atoms with Gasteiger partial charge >= 0.3 is 6.16 Å². The average Bonchev–Trinajstić information content (AvgIpc) is 2.15. The van der Waals surface area contributed by atoms with Gasteiger partial charge in [-0.05, 0) is 5.56 Å². The molecule has 0 atom stereocenters. The highest BCUT2D eigenvalue weighted by Crippen LogP contribution is 2.13. The first-order valence-corrected chi connectivity index (χ1v) is 3.68. The average molecular weight is 197 g/mol. The van der Waals surface area contributed by atoms with Crippen LogP contribution in [0.2, 0.25) is 0 Å². The molecule has 0 bridgehead atoms. The first-order chi connectivity index (χ1) is 6.59. The van der Waals surface area contributed by atoms with Gasteiger partial charge in [0.2, 0.25) is 0 Å². The molecule has 0 aliphatic carbocycles. The number of nitrogens with zero attached hydrogens (tertiary/aromatic N) is 1. The number of nitro benzene ring substituents is 1. The Hall–Kier alpha value is -2.11. The van der Waals surface area contributed by atoms with Gasteiger partial charge in [0.05, 0.1) is 4.92 Å². The van der Waals surface area contributed by atoms with Crippen molar-refractivity contribution in [3.05, 3.63) is 39.9 Å². The fourth-order valence-corrected chi connectivity index (χ4v) is 0.905. The molecule has 1 aromatic carbocycles. The van der Waals surface area contributed by atoms with Crippen molar-refractivity contribution in [2.24, 2.45) is 0 Å². The van der Waals surface area contributed by atoms with Gasteiger partial charge in [0, 0.05) is 12.1 Å². The summed E-state index contributed by atoms with van der Waals surface area (Å²) in [6.45, 7) is -0.184. The lowest BCUT2D eigenvalue weighted by Gasteiger charge is -1.99. The molecule has 14 heavy (non-hydrogen) atoms. The zero-order valence-electron chi connectivity index (χ0n) is 7.04. The second-order valence-electron chi connectivity index (χ2n) is 2.48. The molecule has 6 nitrogen and oxygen atoms in total. The number of carboxylic acid groups (broad SMARTS) is 1. The van der Waals surface area contributed by atoms with Gasteiger partial charge < -0.3 is 9.84 Å². The topological polar surface area (TPSA) is 89.7 Å². The molecule has 6 heteroatoms. The Labute approximate surface area is 78.9 Å². The minimum atomic E-state index is -1.41. The molecule has 0 fully saturated rings. The van der Waals surface area contributed by atoms with Gasteiger partial charge in [-0.3, -0.25) is 10.1 Å². The van der Waals surface area contributed by atoms with E-state index in [-0.39, 0.29) is 12.3 Å². The zero-order valence-corrected chi connectivity index (χ0v) is 7.04. The number of ether oxygens (including phenoxy) is 1. The van der Waals surface area contributed by atoms with E-state index in [4.69, 9.17) is 5.11 Å².